The third-order valence-electron chi connectivity index (χ3n) is 9.54. The maximum atomic E-state index is 13.2. The zero-order valence-corrected chi connectivity index (χ0v) is 23.3. The molecule has 204 valence electrons. The molecule has 1 atom stereocenters. The number of amides is 2. The highest BCUT2D eigenvalue weighted by atomic mass is 35.5. The van der Waals surface area contributed by atoms with Crippen LogP contribution in [0, 0.1) is 5.92 Å². The van der Waals surface area contributed by atoms with Crippen LogP contribution >= 0.6 is 11.6 Å². The second-order valence-corrected chi connectivity index (χ2v) is 12.2. The molecule has 1 aromatic rings. The van der Waals surface area contributed by atoms with Crippen molar-refractivity contribution in [2.45, 2.75) is 102 Å². The number of benzene rings is 1. The SMILES string of the molecule is CCCCC1N(CC2CCCCC2)C(=O)OC12CCN(C1CCN(C(=O)c3ccccc3Cl)CC1)CC2. The van der Waals surface area contributed by atoms with Gasteiger partial charge in [0.2, 0.25) is 0 Å². The molecular formula is C30H44ClN3O3. The van der Waals surface area contributed by atoms with Crippen molar-refractivity contribution in [3.05, 3.63) is 34.9 Å². The Kier molecular flexibility index (Phi) is 8.65. The molecule has 6 nitrogen and oxygen atoms in total. The number of rotatable bonds is 7. The summed E-state index contributed by atoms with van der Waals surface area (Å²) in [5, 5.41) is 0.525. The quantitative estimate of drug-likeness (QED) is 0.412. The normalized spacial score (nSPS) is 25.6. The van der Waals surface area contributed by atoms with Crippen LogP contribution in [-0.2, 0) is 4.74 Å². The van der Waals surface area contributed by atoms with E-state index in [9.17, 15) is 9.59 Å². The number of hydrogen-bond acceptors (Lipinski definition) is 4. The first-order chi connectivity index (χ1) is 18.0. The Bertz CT molecular complexity index is 934. The summed E-state index contributed by atoms with van der Waals surface area (Å²) in [7, 11) is 0. The van der Waals surface area contributed by atoms with Crippen molar-refractivity contribution in [1.82, 2.24) is 14.7 Å². The number of ether oxygens (including phenoxy) is 1. The van der Waals surface area contributed by atoms with E-state index >= 15 is 0 Å². The topological polar surface area (TPSA) is 53.1 Å². The van der Waals surface area contributed by atoms with Gasteiger partial charge in [-0.25, -0.2) is 4.79 Å². The lowest BCUT2D eigenvalue weighted by Gasteiger charge is -2.46. The van der Waals surface area contributed by atoms with Gasteiger partial charge in [-0.05, 0) is 50.2 Å². The first kappa shape index (κ1) is 26.8. The number of carbonyl (C=O) groups is 2. The second kappa shape index (κ2) is 11.9. The minimum absolute atomic E-state index is 0.0383. The monoisotopic (exact) mass is 529 g/mol. The van der Waals surface area contributed by atoms with Gasteiger partial charge in [-0.1, -0.05) is 62.8 Å². The lowest BCUT2D eigenvalue weighted by atomic mass is 9.80. The minimum Gasteiger partial charge on any atom is -0.440 e. The summed E-state index contributed by atoms with van der Waals surface area (Å²) in [6.45, 7) is 6.59. The molecule has 3 heterocycles. The van der Waals surface area contributed by atoms with Gasteiger partial charge in [0.05, 0.1) is 16.6 Å². The highest BCUT2D eigenvalue weighted by Gasteiger charge is 2.55. The van der Waals surface area contributed by atoms with Crippen LogP contribution in [0.3, 0.4) is 0 Å². The average molecular weight is 530 g/mol. The van der Waals surface area contributed by atoms with Gasteiger partial charge < -0.3 is 14.5 Å². The molecule has 4 aliphatic rings. The van der Waals surface area contributed by atoms with Gasteiger partial charge >= 0.3 is 6.09 Å². The van der Waals surface area contributed by atoms with Gasteiger partial charge in [-0.3, -0.25) is 9.69 Å². The summed E-state index contributed by atoms with van der Waals surface area (Å²) < 4.78 is 6.29. The van der Waals surface area contributed by atoms with E-state index in [2.05, 4.69) is 16.7 Å². The van der Waals surface area contributed by atoms with E-state index in [1.165, 1.54) is 32.1 Å². The lowest BCUT2D eigenvalue weighted by Crippen LogP contribution is -2.56. The molecule has 4 fully saturated rings. The van der Waals surface area contributed by atoms with Gasteiger partial charge in [0.15, 0.2) is 0 Å². The summed E-state index contributed by atoms with van der Waals surface area (Å²) in [6.07, 6.45) is 13.5. The first-order valence-corrected chi connectivity index (χ1v) is 15.2. The van der Waals surface area contributed by atoms with Gasteiger partial charge in [-0.15, -0.1) is 0 Å². The van der Waals surface area contributed by atoms with Crippen LogP contribution in [0.2, 0.25) is 5.02 Å². The van der Waals surface area contributed by atoms with Crippen molar-refractivity contribution in [2.75, 3.05) is 32.7 Å². The Hall–Kier alpha value is -1.79. The Labute approximate surface area is 227 Å². The van der Waals surface area contributed by atoms with Crippen LogP contribution in [0.1, 0.15) is 94.3 Å². The molecule has 7 heteroatoms. The van der Waals surface area contributed by atoms with Gasteiger partial charge in [0, 0.05) is 51.6 Å². The molecular weight excluding hydrogens is 486 g/mol. The number of hydrogen-bond donors (Lipinski definition) is 0. The number of likely N-dealkylation sites (tertiary alicyclic amines) is 2. The Morgan fingerprint density at radius 2 is 1.73 bits per heavy atom. The van der Waals surface area contributed by atoms with Crippen molar-refractivity contribution < 1.29 is 14.3 Å². The minimum atomic E-state index is -0.321. The number of piperidine rings is 2. The molecule has 1 saturated carbocycles. The third-order valence-corrected chi connectivity index (χ3v) is 9.87. The third kappa shape index (κ3) is 5.80. The van der Waals surface area contributed by atoms with E-state index < -0.39 is 0 Å². The van der Waals surface area contributed by atoms with E-state index in [0.29, 0.717) is 22.5 Å². The fourth-order valence-corrected chi connectivity index (χ4v) is 7.54. The van der Waals surface area contributed by atoms with Crippen LogP contribution in [0.5, 0.6) is 0 Å². The fourth-order valence-electron chi connectivity index (χ4n) is 7.32. The van der Waals surface area contributed by atoms with Crippen LogP contribution in [0.25, 0.3) is 0 Å². The van der Waals surface area contributed by atoms with Crippen molar-refractivity contribution >= 4 is 23.6 Å². The van der Waals surface area contributed by atoms with Crippen LogP contribution in [0.4, 0.5) is 4.79 Å². The predicted octanol–water partition coefficient (Wildman–Crippen LogP) is 6.37. The average Bonchev–Trinajstić information content (AvgIpc) is 3.17. The molecule has 1 aliphatic carbocycles. The summed E-state index contributed by atoms with van der Waals surface area (Å²) in [4.78, 5) is 32.8. The molecule has 0 radical (unpaired) electrons. The zero-order chi connectivity index (χ0) is 25.8. The van der Waals surface area contributed by atoms with E-state index in [4.69, 9.17) is 16.3 Å². The molecule has 2 amide bonds. The molecule has 1 spiro atoms. The number of unbranched alkanes of at least 4 members (excludes halogenated alkanes) is 1. The first-order valence-electron chi connectivity index (χ1n) is 14.8. The van der Waals surface area contributed by atoms with Gasteiger partial charge in [0.1, 0.15) is 5.60 Å². The second-order valence-electron chi connectivity index (χ2n) is 11.8. The Balaban J connectivity index is 1.17. The largest absolute Gasteiger partial charge is 0.440 e. The molecule has 3 saturated heterocycles. The number of halogens is 1. The molecule has 37 heavy (non-hydrogen) atoms. The maximum Gasteiger partial charge on any atom is 0.410 e. The molecule has 5 rings (SSSR count). The van der Waals surface area contributed by atoms with Gasteiger partial charge in [-0.2, -0.15) is 0 Å². The molecule has 0 bridgehead atoms. The highest BCUT2D eigenvalue weighted by Crippen LogP contribution is 2.43. The van der Waals surface area contributed by atoms with Crippen LogP contribution < -0.4 is 0 Å². The standard InChI is InChI=1S/C30H44ClN3O3/c1-2-3-13-27-30(37-29(36)34(27)22-23-9-5-4-6-10-23)16-20-32(21-17-30)24-14-18-33(19-15-24)28(35)25-11-7-8-12-26(25)31/h7-8,11-12,23-24,27H,2-6,9-10,13-22H2,1H3. The van der Waals surface area contributed by atoms with Crippen molar-refractivity contribution in [2.24, 2.45) is 5.92 Å². The van der Waals surface area contributed by atoms with E-state index in [-0.39, 0.29) is 23.6 Å². The summed E-state index contributed by atoms with van der Waals surface area (Å²) >= 11 is 6.27. The van der Waals surface area contributed by atoms with E-state index in [0.717, 1.165) is 77.7 Å². The smallest absolute Gasteiger partial charge is 0.410 e. The highest BCUT2D eigenvalue weighted by molar-refractivity contribution is 6.33. The summed E-state index contributed by atoms with van der Waals surface area (Å²) in [6, 6.07) is 8.03. The van der Waals surface area contributed by atoms with Crippen LogP contribution in [-0.4, -0.2) is 77.1 Å². The number of carbonyl (C=O) groups excluding carboxylic acids is 2. The Morgan fingerprint density at radius 3 is 2.41 bits per heavy atom. The van der Waals surface area contributed by atoms with E-state index in [1.54, 1.807) is 6.07 Å². The van der Waals surface area contributed by atoms with Crippen molar-refractivity contribution in [3.8, 4) is 0 Å². The zero-order valence-electron chi connectivity index (χ0n) is 22.5. The predicted molar refractivity (Wildman–Crippen MR) is 147 cm³/mol. The fraction of sp³-hybridized carbons (Fsp3) is 0.733. The van der Waals surface area contributed by atoms with E-state index in [1.807, 2.05) is 23.1 Å². The van der Waals surface area contributed by atoms with Crippen LogP contribution in [0.15, 0.2) is 24.3 Å². The van der Waals surface area contributed by atoms with Crippen molar-refractivity contribution in [1.29, 1.82) is 0 Å². The number of nitrogens with zero attached hydrogens (tertiary/aromatic N) is 3. The summed E-state index contributed by atoms with van der Waals surface area (Å²) in [5.74, 6) is 0.677. The molecule has 0 N–H and O–H groups in total. The van der Waals surface area contributed by atoms with Gasteiger partial charge in [0.25, 0.3) is 5.91 Å². The molecule has 1 unspecified atom stereocenters. The lowest BCUT2D eigenvalue weighted by molar-refractivity contribution is -0.0385. The van der Waals surface area contributed by atoms with Crippen molar-refractivity contribution in [3.63, 3.8) is 0 Å². The molecule has 3 aliphatic heterocycles. The Morgan fingerprint density at radius 1 is 1.03 bits per heavy atom. The molecule has 1 aromatic carbocycles. The maximum absolute atomic E-state index is 13.2. The molecule has 0 aromatic heterocycles. The summed E-state index contributed by atoms with van der Waals surface area (Å²) in [5.41, 5.74) is 0.277.